The van der Waals surface area contributed by atoms with E-state index in [0.717, 1.165) is 48.0 Å². The van der Waals surface area contributed by atoms with Gasteiger partial charge in [0.15, 0.2) is 6.10 Å². The summed E-state index contributed by atoms with van der Waals surface area (Å²) in [7, 11) is 0. The highest BCUT2D eigenvalue weighted by atomic mass is 35.5. The average Bonchev–Trinajstić information content (AvgIpc) is 2.73. The summed E-state index contributed by atoms with van der Waals surface area (Å²) in [5, 5.41) is 1.22. The molecule has 4 nitrogen and oxygen atoms in total. The summed E-state index contributed by atoms with van der Waals surface area (Å²) >= 11 is 6.25. The van der Waals surface area contributed by atoms with E-state index in [1.165, 1.54) is 18.6 Å². The largest absolute Gasteiger partial charge is 0.481 e. The molecule has 4 rings (SSSR count). The normalized spacial score (nSPS) is 15.3. The van der Waals surface area contributed by atoms with Crippen LogP contribution in [0.25, 0.3) is 22.0 Å². The van der Waals surface area contributed by atoms with Gasteiger partial charge in [-0.25, -0.2) is 4.39 Å². The maximum atomic E-state index is 13.4. The minimum absolute atomic E-state index is 0.0181. The molecule has 2 aromatic carbocycles. The van der Waals surface area contributed by atoms with Gasteiger partial charge < -0.3 is 9.64 Å². The second kappa shape index (κ2) is 8.37. The fraction of sp³-hybridized carbons (Fsp3) is 0.304. The molecule has 1 aromatic heterocycles. The van der Waals surface area contributed by atoms with Crippen LogP contribution in [0.2, 0.25) is 5.02 Å². The second-order valence-corrected chi connectivity index (χ2v) is 7.71. The average molecular weight is 413 g/mol. The van der Waals surface area contributed by atoms with Crippen LogP contribution in [-0.4, -0.2) is 35.0 Å². The van der Waals surface area contributed by atoms with Crippen LogP contribution in [0.15, 0.2) is 48.7 Å². The Morgan fingerprint density at radius 3 is 2.66 bits per heavy atom. The third-order valence-corrected chi connectivity index (χ3v) is 5.58. The van der Waals surface area contributed by atoms with Crippen LogP contribution in [0.1, 0.15) is 26.2 Å². The first kappa shape index (κ1) is 19.6. The summed E-state index contributed by atoms with van der Waals surface area (Å²) in [5.74, 6) is 0.231. The molecule has 6 heteroatoms. The molecular weight excluding hydrogens is 391 g/mol. The lowest BCUT2D eigenvalue weighted by atomic mass is 10.0. The molecule has 0 N–H and O–H groups in total. The molecule has 0 unspecified atom stereocenters. The van der Waals surface area contributed by atoms with Gasteiger partial charge in [0.1, 0.15) is 11.6 Å². The van der Waals surface area contributed by atoms with Crippen molar-refractivity contribution in [2.45, 2.75) is 32.3 Å². The Balaban J connectivity index is 1.59. The molecule has 1 aliphatic heterocycles. The Labute approximate surface area is 174 Å². The number of benzene rings is 2. The number of nitrogens with zero attached hydrogens (tertiary/aromatic N) is 2. The van der Waals surface area contributed by atoms with Crippen molar-refractivity contribution in [3.05, 3.63) is 59.5 Å². The van der Waals surface area contributed by atoms with Crippen LogP contribution >= 0.6 is 11.6 Å². The first-order valence-electron chi connectivity index (χ1n) is 9.82. The molecule has 1 saturated heterocycles. The fourth-order valence-corrected chi connectivity index (χ4v) is 4.04. The Kier molecular flexibility index (Phi) is 5.67. The van der Waals surface area contributed by atoms with Gasteiger partial charge in [-0.2, -0.15) is 0 Å². The van der Waals surface area contributed by atoms with Gasteiger partial charge in [0.05, 0.1) is 10.5 Å². The van der Waals surface area contributed by atoms with Crippen molar-refractivity contribution < 1.29 is 13.9 Å². The number of aromatic nitrogens is 1. The summed E-state index contributed by atoms with van der Waals surface area (Å²) in [4.78, 5) is 18.9. The number of likely N-dealkylation sites (tertiary alicyclic amines) is 1. The van der Waals surface area contributed by atoms with Crippen molar-refractivity contribution >= 4 is 28.4 Å². The molecule has 0 bridgehead atoms. The third-order valence-electron chi connectivity index (χ3n) is 5.26. The van der Waals surface area contributed by atoms with E-state index in [0.29, 0.717) is 10.8 Å². The number of carbonyl (C=O) groups is 1. The number of piperidine rings is 1. The Morgan fingerprint density at radius 1 is 1.10 bits per heavy atom. The van der Waals surface area contributed by atoms with E-state index in [1.807, 2.05) is 29.2 Å². The van der Waals surface area contributed by atoms with Crippen LogP contribution in [0.4, 0.5) is 4.39 Å². The van der Waals surface area contributed by atoms with Crippen molar-refractivity contribution in [1.29, 1.82) is 0 Å². The lowest BCUT2D eigenvalue weighted by Crippen LogP contribution is -2.43. The van der Waals surface area contributed by atoms with E-state index in [9.17, 15) is 9.18 Å². The fourth-order valence-electron chi connectivity index (χ4n) is 3.77. The highest BCUT2D eigenvalue weighted by molar-refractivity contribution is 6.33. The highest BCUT2D eigenvalue weighted by Crippen LogP contribution is 2.34. The van der Waals surface area contributed by atoms with E-state index in [-0.39, 0.29) is 11.7 Å². The van der Waals surface area contributed by atoms with Gasteiger partial charge in [-0.1, -0.05) is 11.6 Å². The number of carbonyl (C=O) groups excluding carboxylic acids is 1. The first-order valence-corrected chi connectivity index (χ1v) is 10.2. The predicted octanol–water partition coefficient (Wildman–Crippen LogP) is 5.47. The predicted molar refractivity (Wildman–Crippen MR) is 113 cm³/mol. The van der Waals surface area contributed by atoms with Crippen molar-refractivity contribution in [2.75, 3.05) is 13.1 Å². The zero-order chi connectivity index (χ0) is 20.4. The minimum Gasteiger partial charge on any atom is -0.481 e. The first-order chi connectivity index (χ1) is 14.0. The van der Waals surface area contributed by atoms with E-state index >= 15 is 0 Å². The lowest BCUT2D eigenvalue weighted by Gasteiger charge is -2.29. The van der Waals surface area contributed by atoms with Crippen LogP contribution in [0.5, 0.6) is 5.75 Å². The van der Waals surface area contributed by atoms with E-state index in [1.54, 1.807) is 19.2 Å². The van der Waals surface area contributed by atoms with Gasteiger partial charge in [-0.3, -0.25) is 9.78 Å². The standard InChI is InChI=1S/C23H22ClFN2O2/c1-15(23(28)27-11-3-2-4-12-27)29-17-6-8-20-18(9-10-26-22(20)14-17)19-7-5-16(25)13-21(19)24/h5-10,13-15H,2-4,11-12H2,1H3/t15-/m1/s1. The topological polar surface area (TPSA) is 42.4 Å². The second-order valence-electron chi connectivity index (χ2n) is 7.31. The Bertz CT molecular complexity index is 1050. The Morgan fingerprint density at radius 2 is 1.90 bits per heavy atom. The van der Waals surface area contributed by atoms with Gasteiger partial charge in [0.25, 0.3) is 5.91 Å². The smallest absolute Gasteiger partial charge is 0.263 e. The summed E-state index contributed by atoms with van der Waals surface area (Å²) in [5.41, 5.74) is 2.32. The summed E-state index contributed by atoms with van der Waals surface area (Å²) in [6, 6.07) is 11.7. The molecule has 0 saturated carbocycles. The Hall–Kier alpha value is -2.66. The number of amides is 1. The molecule has 29 heavy (non-hydrogen) atoms. The van der Waals surface area contributed by atoms with Crippen molar-refractivity contribution in [3.63, 3.8) is 0 Å². The molecule has 0 aliphatic carbocycles. The van der Waals surface area contributed by atoms with Crippen LogP contribution in [0, 0.1) is 5.82 Å². The van der Waals surface area contributed by atoms with Crippen molar-refractivity contribution in [3.8, 4) is 16.9 Å². The molecule has 1 aliphatic rings. The number of pyridine rings is 1. The number of halogens is 2. The van der Waals surface area contributed by atoms with Gasteiger partial charge in [0, 0.05) is 36.3 Å². The molecule has 1 atom stereocenters. The van der Waals surface area contributed by atoms with Gasteiger partial charge in [-0.05, 0) is 68.1 Å². The van der Waals surface area contributed by atoms with Crippen LogP contribution < -0.4 is 4.74 Å². The van der Waals surface area contributed by atoms with Crippen molar-refractivity contribution in [2.24, 2.45) is 0 Å². The minimum atomic E-state index is -0.555. The van der Waals surface area contributed by atoms with E-state index < -0.39 is 6.10 Å². The van der Waals surface area contributed by atoms with Gasteiger partial charge in [-0.15, -0.1) is 0 Å². The SMILES string of the molecule is C[C@@H](Oc1ccc2c(-c3ccc(F)cc3Cl)ccnc2c1)C(=O)N1CCCCC1. The van der Waals surface area contributed by atoms with E-state index in [4.69, 9.17) is 16.3 Å². The summed E-state index contributed by atoms with van der Waals surface area (Å²) < 4.78 is 19.3. The maximum Gasteiger partial charge on any atom is 0.263 e. The number of fused-ring (bicyclic) bond motifs is 1. The number of hydrogen-bond donors (Lipinski definition) is 0. The molecule has 0 radical (unpaired) electrons. The van der Waals surface area contributed by atoms with Crippen LogP contribution in [0.3, 0.4) is 0 Å². The molecular formula is C23H22ClFN2O2. The summed E-state index contributed by atoms with van der Waals surface area (Å²) in [6.07, 6.45) is 4.40. The zero-order valence-corrected chi connectivity index (χ0v) is 17.0. The summed E-state index contributed by atoms with van der Waals surface area (Å²) in [6.45, 7) is 3.38. The molecule has 1 amide bonds. The number of ether oxygens (including phenoxy) is 1. The monoisotopic (exact) mass is 412 g/mol. The van der Waals surface area contributed by atoms with Gasteiger partial charge in [0.2, 0.25) is 0 Å². The zero-order valence-electron chi connectivity index (χ0n) is 16.2. The third kappa shape index (κ3) is 4.20. The molecule has 0 spiro atoms. The quantitative estimate of drug-likeness (QED) is 0.570. The molecule has 3 aromatic rings. The van der Waals surface area contributed by atoms with E-state index in [2.05, 4.69) is 4.98 Å². The number of hydrogen-bond acceptors (Lipinski definition) is 3. The van der Waals surface area contributed by atoms with Gasteiger partial charge >= 0.3 is 0 Å². The number of rotatable bonds is 4. The van der Waals surface area contributed by atoms with Crippen molar-refractivity contribution in [1.82, 2.24) is 9.88 Å². The molecule has 2 heterocycles. The highest BCUT2D eigenvalue weighted by Gasteiger charge is 2.23. The molecule has 1 fully saturated rings. The maximum absolute atomic E-state index is 13.4. The van der Waals surface area contributed by atoms with Crippen LogP contribution in [-0.2, 0) is 4.79 Å². The lowest BCUT2D eigenvalue weighted by molar-refractivity contribution is -0.138. The molecule has 150 valence electrons.